The molecule has 0 radical (unpaired) electrons. The summed E-state index contributed by atoms with van der Waals surface area (Å²) in [5.74, 6) is 0.527. The molecule has 0 spiro atoms. The Hall–Kier alpha value is -5.98. The number of nitriles is 2. The van der Waals surface area contributed by atoms with E-state index in [1.54, 1.807) is 36.3 Å². The van der Waals surface area contributed by atoms with Crippen LogP contribution in [0.15, 0.2) is 97.6 Å². The Morgan fingerprint density at radius 3 is 1.92 bits per heavy atom. The fourth-order valence-electron chi connectivity index (χ4n) is 5.32. The second kappa shape index (κ2) is 14.2. The molecule has 2 N–H and O–H groups in total. The van der Waals surface area contributed by atoms with Crippen molar-refractivity contribution in [2.45, 2.75) is 45.1 Å². The number of benzene rings is 4. The minimum atomic E-state index is -3.37. The Balaban J connectivity index is 0.000000201. The van der Waals surface area contributed by atoms with Crippen molar-refractivity contribution >= 4 is 48.9 Å². The Morgan fingerprint density at radius 1 is 0.840 bits per heavy atom. The number of fused-ring (bicyclic) bond motifs is 2. The third-order valence-corrected chi connectivity index (χ3v) is 8.76. The maximum absolute atomic E-state index is 11.5. The van der Waals surface area contributed by atoms with Crippen LogP contribution in [-0.2, 0) is 27.4 Å². The summed E-state index contributed by atoms with van der Waals surface area (Å²) in [4.78, 5) is 8.67. The molecule has 6 rings (SSSR count). The molecule has 0 saturated heterocycles. The summed E-state index contributed by atoms with van der Waals surface area (Å²) in [5.41, 5.74) is 5.45. The van der Waals surface area contributed by atoms with E-state index in [0.717, 1.165) is 56.1 Å². The molecule has 0 aliphatic heterocycles. The molecule has 2 heterocycles. The first-order valence-electron chi connectivity index (χ1n) is 15.7. The third-order valence-electron chi connectivity index (χ3n) is 8.16. The Morgan fingerprint density at radius 2 is 1.42 bits per heavy atom. The van der Waals surface area contributed by atoms with Gasteiger partial charge in [0.05, 0.1) is 71.0 Å². The van der Waals surface area contributed by atoms with E-state index in [4.69, 9.17) is 9.72 Å². The molecule has 0 fully saturated rings. The molecule has 2 aromatic heterocycles. The normalized spacial score (nSPS) is 11.6. The summed E-state index contributed by atoms with van der Waals surface area (Å²) in [6.45, 7) is 8.08. The highest BCUT2D eigenvalue weighted by Gasteiger charge is 2.26. The van der Waals surface area contributed by atoms with Crippen molar-refractivity contribution in [3.05, 3.63) is 114 Å². The van der Waals surface area contributed by atoms with Gasteiger partial charge in [-0.05, 0) is 68.7 Å². The zero-order valence-corrected chi connectivity index (χ0v) is 29.6. The van der Waals surface area contributed by atoms with Gasteiger partial charge in [0.1, 0.15) is 18.4 Å². The van der Waals surface area contributed by atoms with Crippen LogP contribution in [0.4, 0.5) is 17.1 Å². The summed E-state index contributed by atoms with van der Waals surface area (Å²) in [6, 6.07) is 31.6. The van der Waals surface area contributed by atoms with Gasteiger partial charge in [0.25, 0.3) is 0 Å². The lowest BCUT2D eigenvalue weighted by Crippen LogP contribution is -2.20. The molecular weight excluding hydrogens is 649 g/mol. The number of para-hydroxylation sites is 2. The van der Waals surface area contributed by atoms with Gasteiger partial charge >= 0.3 is 0 Å². The number of hydrogen-bond acceptors (Lipinski definition) is 9. The summed E-state index contributed by atoms with van der Waals surface area (Å²) in [6.07, 6.45) is 4.25. The average molecular weight is 687 g/mol. The van der Waals surface area contributed by atoms with Crippen LogP contribution in [0.2, 0.25) is 0 Å². The largest absolute Gasteiger partial charge is 0.494 e. The van der Waals surface area contributed by atoms with Crippen molar-refractivity contribution in [2.24, 2.45) is 0 Å². The van der Waals surface area contributed by atoms with Crippen molar-refractivity contribution in [2.75, 3.05) is 23.4 Å². The van der Waals surface area contributed by atoms with Crippen molar-refractivity contribution in [1.29, 1.82) is 10.5 Å². The molecule has 0 amide bonds. The highest BCUT2D eigenvalue weighted by Crippen LogP contribution is 2.37. The molecule has 254 valence electrons. The lowest BCUT2D eigenvalue weighted by molar-refractivity contribution is 0.417. The van der Waals surface area contributed by atoms with Crippen molar-refractivity contribution in [3.63, 3.8) is 0 Å². The molecule has 50 heavy (non-hydrogen) atoms. The number of aromatic nitrogens is 4. The molecular formula is C38H38N8O3S. The monoisotopic (exact) mass is 686 g/mol. The fraction of sp³-hybridized carbons (Fsp3) is 0.237. The van der Waals surface area contributed by atoms with Gasteiger partial charge < -0.3 is 10.1 Å². The predicted molar refractivity (Wildman–Crippen MR) is 197 cm³/mol. The number of sulfonamides is 1. The van der Waals surface area contributed by atoms with Crippen LogP contribution >= 0.6 is 0 Å². The van der Waals surface area contributed by atoms with Gasteiger partial charge in [0.2, 0.25) is 10.0 Å². The van der Waals surface area contributed by atoms with E-state index in [1.807, 2.05) is 94.4 Å². The minimum Gasteiger partial charge on any atom is -0.494 e. The van der Waals surface area contributed by atoms with Crippen LogP contribution < -0.4 is 14.8 Å². The molecule has 0 unspecified atom stereocenters. The van der Waals surface area contributed by atoms with E-state index in [0.29, 0.717) is 18.0 Å². The highest BCUT2D eigenvalue weighted by atomic mass is 32.2. The van der Waals surface area contributed by atoms with Gasteiger partial charge in [-0.25, -0.2) is 23.1 Å². The maximum Gasteiger partial charge on any atom is 0.229 e. The van der Waals surface area contributed by atoms with Gasteiger partial charge in [0, 0.05) is 16.8 Å². The van der Waals surface area contributed by atoms with Gasteiger partial charge in [-0.15, -0.1) is 0 Å². The van der Waals surface area contributed by atoms with Crippen LogP contribution in [0.3, 0.4) is 0 Å². The van der Waals surface area contributed by atoms with E-state index in [2.05, 4.69) is 32.3 Å². The van der Waals surface area contributed by atoms with Gasteiger partial charge in [0.15, 0.2) is 0 Å². The SMILES string of the molecule is CC(C)(C#N)c1cc(Cn2cncn2)cc(C(C)(C)C#N)c1.COc1cc(NS(C)(=O)=O)ccc1Nc1c2ccccc2nc2ccccc12. The molecule has 4 aromatic carbocycles. The quantitative estimate of drug-likeness (QED) is 0.147. The predicted octanol–water partition coefficient (Wildman–Crippen LogP) is 7.44. The van der Waals surface area contributed by atoms with Gasteiger partial charge in [-0.3, -0.25) is 4.72 Å². The third kappa shape index (κ3) is 8.17. The van der Waals surface area contributed by atoms with E-state index < -0.39 is 20.9 Å². The van der Waals surface area contributed by atoms with Crippen LogP contribution in [0.5, 0.6) is 5.75 Å². The fourth-order valence-corrected chi connectivity index (χ4v) is 5.87. The van der Waals surface area contributed by atoms with Crippen LogP contribution in [0.1, 0.15) is 44.4 Å². The molecule has 12 heteroatoms. The molecule has 0 atom stereocenters. The number of ether oxygens (including phenoxy) is 1. The van der Waals surface area contributed by atoms with Crippen molar-refractivity contribution in [1.82, 2.24) is 19.7 Å². The molecule has 0 aliphatic rings. The van der Waals surface area contributed by atoms with Crippen LogP contribution in [0.25, 0.3) is 21.8 Å². The second-order valence-electron chi connectivity index (χ2n) is 12.9. The van der Waals surface area contributed by atoms with E-state index in [1.165, 1.54) is 6.33 Å². The number of nitrogens with zero attached hydrogens (tertiary/aromatic N) is 6. The first-order valence-corrected chi connectivity index (χ1v) is 17.6. The molecule has 6 aromatic rings. The first kappa shape index (κ1) is 35.3. The van der Waals surface area contributed by atoms with Gasteiger partial charge in [-0.1, -0.05) is 54.6 Å². The van der Waals surface area contributed by atoms with E-state index in [-0.39, 0.29) is 0 Å². The molecule has 0 bridgehead atoms. The zero-order valence-electron chi connectivity index (χ0n) is 28.8. The number of methoxy groups -OCH3 is 1. The number of anilines is 3. The number of pyridine rings is 1. The Bertz CT molecular complexity index is 2260. The topological polar surface area (TPSA) is 159 Å². The van der Waals surface area contributed by atoms with Crippen LogP contribution in [0, 0.1) is 22.7 Å². The first-order chi connectivity index (χ1) is 23.7. The van der Waals surface area contributed by atoms with Gasteiger partial charge in [-0.2, -0.15) is 15.6 Å². The Kier molecular flexibility index (Phi) is 10.1. The lowest BCUT2D eigenvalue weighted by Gasteiger charge is -2.23. The maximum atomic E-state index is 11.5. The summed E-state index contributed by atoms with van der Waals surface area (Å²) >= 11 is 0. The standard InChI is InChI=1S/C21H19N3O3S.C17H19N5/c1-27-20-13-14(24-28(2,25)26)11-12-19(20)23-21-15-7-3-5-9-17(15)22-18-10-6-4-8-16(18)21;1-16(2,9-18)14-5-13(8-22-12-20-11-21-22)6-15(7-14)17(3,4)10-19/h3-13,24H,1-2H3,(H,22,23);5-7,11-12H,8H2,1-4H3. The summed E-state index contributed by atoms with van der Waals surface area (Å²) in [5, 5.41) is 28.4. The number of rotatable bonds is 9. The van der Waals surface area contributed by atoms with Crippen LogP contribution in [-0.4, -0.2) is 41.5 Å². The lowest BCUT2D eigenvalue weighted by atomic mass is 9.79. The molecule has 0 saturated carbocycles. The van der Waals surface area contributed by atoms with Crippen molar-refractivity contribution in [3.8, 4) is 17.9 Å². The second-order valence-corrected chi connectivity index (χ2v) is 14.7. The molecule has 11 nitrogen and oxygen atoms in total. The summed E-state index contributed by atoms with van der Waals surface area (Å²) in [7, 11) is -1.82. The average Bonchev–Trinajstić information content (AvgIpc) is 3.61. The van der Waals surface area contributed by atoms with Crippen molar-refractivity contribution < 1.29 is 13.2 Å². The molecule has 0 aliphatic carbocycles. The van der Waals surface area contributed by atoms with E-state index >= 15 is 0 Å². The number of hydrogen-bond donors (Lipinski definition) is 2. The number of nitrogens with one attached hydrogen (secondary N) is 2. The Labute approximate surface area is 292 Å². The zero-order chi connectivity index (χ0) is 36.1. The minimum absolute atomic E-state index is 0.439. The van der Waals surface area contributed by atoms with E-state index in [9.17, 15) is 18.9 Å². The highest BCUT2D eigenvalue weighted by molar-refractivity contribution is 7.92. The smallest absolute Gasteiger partial charge is 0.229 e. The summed E-state index contributed by atoms with van der Waals surface area (Å²) < 4.78 is 32.7.